The lowest BCUT2D eigenvalue weighted by molar-refractivity contribution is -0.0221. The van der Waals surface area contributed by atoms with Crippen LogP contribution in [0.3, 0.4) is 0 Å². The molecule has 2 N–H and O–H groups in total. The molecule has 1 aromatic rings. The van der Waals surface area contributed by atoms with E-state index in [2.05, 4.69) is 17.1 Å². The third kappa shape index (κ3) is 4.91. The van der Waals surface area contributed by atoms with E-state index in [0.29, 0.717) is 18.3 Å². The van der Waals surface area contributed by atoms with Crippen LogP contribution in [0.25, 0.3) is 0 Å². The fourth-order valence-corrected chi connectivity index (χ4v) is 1.97. The molecule has 0 spiro atoms. The minimum absolute atomic E-state index is 0.252. The lowest BCUT2D eigenvalue weighted by atomic mass is 10.0. The van der Waals surface area contributed by atoms with Crippen molar-refractivity contribution in [2.75, 3.05) is 6.61 Å². The topological polar surface area (TPSA) is 74.2 Å². The molecule has 0 radical (unpaired) electrons. The quantitative estimate of drug-likeness (QED) is 0.785. The maximum absolute atomic E-state index is 5.74. The summed E-state index contributed by atoms with van der Waals surface area (Å²) in [7, 11) is 0. The highest BCUT2D eigenvalue weighted by Gasteiger charge is 2.28. The van der Waals surface area contributed by atoms with Gasteiger partial charge in [-0.05, 0) is 40.5 Å². The lowest BCUT2D eigenvalue weighted by Gasteiger charge is -2.19. The van der Waals surface area contributed by atoms with E-state index in [0.717, 1.165) is 19.3 Å². The van der Waals surface area contributed by atoms with Gasteiger partial charge in [0.1, 0.15) is 5.60 Å². The molecule has 1 aromatic heterocycles. The molecule has 5 heteroatoms. The van der Waals surface area contributed by atoms with Crippen molar-refractivity contribution in [3.05, 3.63) is 11.7 Å². The van der Waals surface area contributed by atoms with Gasteiger partial charge in [-0.25, -0.2) is 0 Å². The van der Waals surface area contributed by atoms with E-state index in [1.807, 2.05) is 27.7 Å². The van der Waals surface area contributed by atoms with E-state index in [4.69, 9.17) is 15.0 Å². The van der Waals surface area contributed by atoms with Crippen LogP contribution in [0.1, 0.15) is 71.5 Å². The highest BCUT2D eigenvalue weighted by atomic mass is 16.5. The Labute approximate surface area is 115 Å². The van der Waals surface area contributed by atoms with Gasteiger partial charge in [0.15, 0.2) is 0 Å². The summed E-state index contributed by atoms with van der Waals surface area (Å²) in [5.41, 5.74) is 5.25. The van der Waals surface area contributed by atoms with Crippen LogP contribution in [-0.2, 0) is 10.3 Å². The third-order valence-corrected chi connectivity index (χ3v) is 3.20. The van der Waals surface area contributed by atoms with Crippen molar-refractivity contribution >= 4 is 0 Å². The second-order valence-corrected chi connectivity index (χ2v) is 5.71. The SMILES string of the molecule is CCOC(C)(C)c1noc(C(C)CCCC(C)N)n1. The minimum atomic E-state index is -0.498. The molecule has 0 aliphatic rings. The average molecular weight is 269 g/mol. The van der Waals surface area contributed by atoms with Crippen LogP contribution in [0.4, 0.5) is 0 Å². The van der Waals surface area contributed by atoms with Crippen molar-refractivity contribution < 1.29 is 9.26 Å². The summed E-state index contributed by atoms with van der Waals surface area (Å²) in [5, 5.41) is 4.03. The smallest absolute Gasteiger partial charge is 0.229 e. The maximum Gasteiger partial charge on any atom is 0.229 e. The molecule has 5 nitrogen and oxygen atoms in total. The molecule has 0 aliphatic carbocycles. The number of rotatable bonds is 8. The van der Waals surface area contributed by atoms with Crippen LogP contribution >= 0.6 is 0 Å². The fourth-order valence-electron chi connectivity index (χ4n) is 1.97. The van der Waals surface area contributed by atoms with Gasteiger partial charge >= 0.3 is 0 Å². The number of aromatic nitrogens is 2. The number of ether oxygens (including phenoxy) is 1. The van der Waals surface area contributed by atoms with Crippen LogP contribution in [0.2, 0.25) is 0 Å². The number of nitrogens with zero attached hydrogens (tertiary/aromatic N) is 2. The van der Waals surface area contributed by atoms with Crippen molar-refractivity contribution in [3.8, 4) is 0 Å². The normalized spacial score (nSPS) is 15.5. The van der Waals surface area contributed by atoms with Gasteiger partial charge in [0.25, 0.3) is 0 Å². The Morgan fingerprint density at radius 3 is 2.58 bits per heavy atom. The molecule has 110 valence electrons. The van der Waals surface area contributed by atoms with Crippen molar-refractivity contribution in [2.24, 2.45) is 5.73 Å². The number of hydrogen-bond donors (Lipinski definition) is 1. The Kier molecular flexibility index (Phi) is 5.94. The molecule has 0 aromatic carbocycles. The minimum Gasteiger partial charge on any atom is -0.368 e. The Bertz CT molecular complexity index is 375. The first-order valence-electron chi connectivity index (χ1n) is 7.10. The Morgan fingerprint density at radius 1 is 1.32 bits per heavy atom. The fraction of sp³-hybridized carbons (Fsp3) is 0.857. The van der Waals surface area contributed by atoms with E-state index in [1.165, 1.54) is 0 Å². The average Bonchev–Trinajstić information content (AvgIpc) is 2.78. The molecule has 0 saturated carbocycles. The molecule has 1 rings (SSSR count). The van der Waals surface area contributed by atoms with Crippen LogP contribution in [-0.4, -0.2) is 22.8 Å². The second kappa shape index (κ2) is 7.01. The van der Waals surface area contributed by atoms with Gasteiger partial charge in [-0.1, -0.05) is 18.5 Å². The first-order chi connectivity index (χ1) is 8.86. The zero-order valence-electron chi connectivity index (χ0n) is 12.8. The molecule has 0 fully saturated rings. The van der Waals surface area contributed by atoms with E-state index >= 15 is 0 Å². The van der Waals surface area contributed by atoms with Crippen molar-refractivity contribution in [3.63, 3.8) is 0 Å². The van der Waals surface area contributed by atoms with Crippen molar-refractivity contribution in [1.82, 2.24) is 10.1 Å². The van der Waals surface area contributed by atoms with Gasteiger partial charge in [-0.3, -0.25) is 0 Å². The summed E-state index contributed by atoms with van der Waals surface area (Å²) in [6.07, 6.45) is 3.11. The van der Waals surface area contributed by atoms with Gasteiger partial charge in [0, 0.05) is 18.6 Å². The first-order valence-corrected chi connectivity index (χ1v) is 7.10. The summed E-state index contributed by atoms with van der Waals surface area (Å²) in [6.45, 7) is 10.6. The molecule has 1 heterocycles. The monoisotopic (exact) mass is 269 g/mol. The predicted octanol–water partition coefficient (Wildman–Crippen LogP) is 2.96. The Morgan fingerprint density at radius 2 is 2.00 bits per heavy atom. The summed E-state index contributed by atoms with van der Waals surface area (Å²) in [6, 6.07) is 0.252. The number of hydrogen-bond acceptors (Lipinski definition) is 5. The summed E-state index contributed by atoms with van der Waals surface area (Å²) >= 11 is 0. The first kappa shape index (κ1) is 16.1. The zero-order valence-corrected chi connectivity index (χ0v) is 12.8. The van der Waals surface area contributed by atoms with Gasteiger partial charge in [-0.2, -0.15) is 4.98 Å². The van der Waals surface area contributed by atoms with Gasteiger partial charge in [-0.15, -0.1) is 0 Å². The van der Waals surface area contributed by atoms with Crippen LogP contribution in [0.15, 0.2) is 4.52 Å². The van der Waals surface area contributed by atoms with Crippen molar-refractivity contribution in [2.45, 2.75) is 71.4 Å². The summed E-state index contributed by atoms with van der Waals surface area (Å²) < 4.78 is 11.0. The number of nitrogens with two attached hydrogens (primary N) is 1. The molecule has 19 heavy (non-hydrogen) atoms. The molecular formula is C14H27N3O2. The predicted molar refractivity (Wildman–Crippen MR) is 74.9 cm³/mol. The molecule has 2 atom stereocenters. The highest BCUT2D eigenvalue weighted by Crippen LogP contribution is 2.25. The summed E-state index contributed by atoms with van der Waals surface area (Å²) in [4.78, 5) is 4.46. The van der Waals surface area contributed by atoms with E-state index in [9.17, 15) is 0 Å². The zero-order chi connectivity index (χ0) is 14.5. The van der Waals surface area contributed by atoms with E-state index in [1.54, 1.807) is 0 Å². The Hall–Kier alpha value is -0.940. The Balaban J connectivity index is 2.58. The van der Waals surface area contributed by atoms with Gasteiger partial charge < -0.3 is 15.0 Å². The standard InChI is InChI=1S/C14H27N3O2/c1-6-18-14(4,5)13-16-12(19-17-13)10(2)8-7-9-11(3)15/h10-11H,6-9,15H2,1-5H3. The van der Waals surface area contributed by atoms with E-state index in [-0.39, 0.29) is 12.0 Å². The van der Waals surface area contributed by atoms with Gasteiger partial charge in [0.05, 0.1) is 0 Å². The molecule has 0 aliphatic heterocycles. The highest BCUT2D eigenvalue weighted by molar-refractivity contribution is 5.00. The maximum atomic E-state index is 5.74. The molecule has 2 unspecified atom stereocenters. The summed E-state index contributed by atoms with van der Waals surface area (Å²) in [5.74, 6) is 1.56. The van der Waals surface area contributed by atoms with Crippen LogP contribution in [0.5, 0.6) is 0 Å². The van der Waals surface area contributed by atoms with Gasteiger partial charge in [0.2, 0.25) is 11.7 Å². The lowest BCUT2D eigenvalue weighted by Crippen LogP contribution is -2.23. The third-order valence-electron chi connectivity index (χ3n) is 3.20. The van der Waals surface area contributed by atoms with Crippen LogP contribution in [0, 0.1) is 0 Å². The molecular weight excluding hydrogens is 242 g/mol. The molecule has 0 bridgehead atoms. The van der Waals surface area contributed by atoms with Crippen molar-refractivity contribution in [1.29, 1.82) is 0 Å². The van der Waals surface area contributed by atoms with E-state index < -0.39 is 5.60 Å². The largest absolute Gasteiger partial charge is 0.368 e. The second-order valence-electron chi connectivity index (χ2n) is 5.71. The molecule has 0 amide bonds. The molecule has 0 saturated heterocycles. The van der Waals surface area contributed by atoms with Crippen LogP contribution < -0.4 is 5.73 Å².